The molecule has 7 nitrogen and oxygen atoms in total. The molecule has 2 aromatic heterocycles. The molecule has 36 heavy (non-hydrogen) atoms. The molecule has 2 unspecified atom stereocenters. The lowest BCUT2D eigenvalue weighted by molar-refractivity contribution is -0.129. The van der Waals surface area contributed by atoms with Gasteiger partial charge in [0.15, 0.2) is 17.3 Å². The molecule has 0 amide bonds. The van der Waals surface area contributed by atoms with Gasteiger partial charge in [0.05, 0.1) is 12.1 Å². The lowest BCUT2D eigenvalue weighted by Gasteiger charge is -2.39. The molecule has 0 saturated carbocycles. The van der Waals surface area contributed by atoms with Gasteiger partial charge in [-0.3, -0.25) is 34.2 Å². The number of nitrogens with zero attached hydrogens (tertiary/aromatic N) is 4. The number of ketones is 3. The van der Waals surface area contributed by atoms with Crippen LogP contribution in [0.15, 0.2) is 36.9 Å². The summed E-state index contributed by atoms with van der Waals surface area (Å²) in [6.45, 7) is 10.9. The van der Waals surface area contributed by atoms with Crippen molar-refractivity contribution in [2.75, 3.05) is 26.2 Å². The highest BCUT2D eigenvalue weighted by atomic mass is 16.1. The number of carbonyl (C=O) groups excluding carboxylic acids is 3. The lowest BCUT2D eigenvalue weighted by atomic mass is 9.86. The maximum absolute atomic E-state index is 13.4. The Kier molecular flexibility index (Phi) is 8.42. The zero-order valence-corrected chi connectivity index (χ0v) is 21.9. The molecule has 0 spiro atoms. The van der Waals surface area contributed by atoms with Crippen molar-refractivity contribution in [3.8, 4) is 0 Å². The largest absolute Gasteiger partial charge is 0.296 e. The second kappa shape index (κ2) is 11.5. The van der Waals surface area contributed by atoms with E-state index in [0.717, 1.165) is 63.0 Å². The van der Waals surface area contributed by atoms with Crippen molar-refractivity contribution >= 4 is 17.3 Å². The molecule has 2 aliphatic heterocycles. The van der Waals surface area contributed by atoms with Crippen molar-refractivity contribution in [3.63, 3.8) is 0 Å². The fourth-order valence-corrected chi connectivity index (χ4v) is 5.69. The van der Waals surface area contributed by atoms with Crippen molar-refractivity contribution in [1.82, 2.24) is 19.8 Å². The van der Waals surface area contributed by atoms with Crippen LogP contribution in [0.3, 0.4) is 0 Å². The second-order valence-electron chi connectivity index (χ2n) is 10.5. The first-order chi connectivity index (χ1) is 17.3. The summed E-state index contributed by atoms with van der Waals surface area (Å²) in [7, 11) is 0. The minimum absolute atomic E-state index is 0.0103. The van der Waals surface area contributed by atoms with E-state index in [1.165, 1.54) is 0 Å². The molecule has 4 rings (SSSR count). The number of hydrogen-bond donors (Lipinski definition) is 0. The number of piperidine rings is 2. The van der Waals surface area contributed by atoms with Crippen molar-refractivity contribution in [2.24, 2.45) is 11.8 Å². The van der Waals surface area contributed by atoms with Crippen LogP contribution in [0.25, 0.3) is 0 Å². The third kappa shape index (κ3) is 5.62. The standard InChI is InChI=1S/C29H38N4O3/c1-19-5-11-30-17-25(19)28(35)23-7-13-32(14-8-23)21(3)27(34)22(4)33-15-9-24(10-16-33)29(36)26-18-31-12-6-20(26)2/h5-6,11-12,17-18,21-24H,7-10,13-16H2,1-4H3. The van der Waals surface area contributed by atoms with Gasteiger partial charge in [-0.15, -0.1) is 0 Å². The van der Waals surface area contributed by atoms with E-state index >= 15 is 0 Å². The minimum Gasteiger partial charge on any atom is -0.296 e. The lowest BCUT2D eigenvalue weighted by Crippen LogP contribution is -2.53. The molecule has 192 valence electrons. The van der Waals surface area contributed by atoms with E-state index in [4.69, 9.17) is 0 Å². The van der Waals surface area contributed by atoms with Crippen LogP contribution in [0.1, 0.15) is 71.4 Å². The van der Waals surface area contributed by atoms with Gasteiger partial charge in [0.25, 0.3) is 0 Å². The van der Waals surface area contributed by atoms with E-state index < -0.39 is 0 Å². The van der Waals surface area contributed by atoms with Gasteiger partial charge in [0.1, 0.15) is 0 Å². The molecule has 0 bridgehead atoms. The van der Waals surface area contributed by atoms with Crippen molar-refractivity contribution in [3.05, 3.63) is 59.2 Å². The number of carbonyl (C=O) groups is 3. The smallest absolute Gasteiger partial charge is 0.167 e. The Morgan fingerprint density at radius 1 is 0.722 bits per heavy atom. The number of pyridine rings is 2. The molecule has 0 aliphatic carbocycles. The highest BCUT2D eigenvalue weighted by Gasteiger charge is 2.35. The summed E-state index contributed by atoms with van der Waals surface area (Å²) >= 11 is 0. The molecule has 4 heterocycles. The van der Waals surface area contributed by atoms with Crippen LogP contribution in [0.5, 0.6) is 0 Å². The average Bonchev–Trinajstić information content (AvgIpc) is 2.92. The Labute approximate surface area is 214 Å². The highest BCUT2D eigenvalue weighted by Crippen LogP contribution is 2.27. The van der Waals surface area contributed by atoms with Gasteiger partial charge in [-0.1, -0.05) is 0 Å². The predicted octanol–water partition coefficient (Wildman–Crippen LogP) is 3.93. The monoisotopic (exact) mass is 490 g/mol. The molecule has 2 atom stereocenters. The van der Waals surface area contributed by atoms with Gasteiger partial charge in [-0.2, -0.15) is 0 Å². The molecule has 2 fully saturated rings. The predicted molar refractivity (Wildman–Crippen MR) is 139 cm³/mol. The summed E-state index contributed by atoms with van der Waals surface area (Å²) in [6.07, 6.45) is 9.83. The summed E-state index contributed by atoms with van der Waals surface area (Å²) in [5, 5.41) is 0. The first-order valence-corrected chi connectivity index (χ1v) is 13.2. The van der Waals surface area contributed by atoms with Gasteiger partial charge in [0, 0.05) is 47.8 Å². The molecule has 0 N–H and O–H groups in total. The van der Waals surface area contributed by atoms with E-state index in [2.05, 4.69) is 19.8 Å². The maximum Gasteiger partial charge on any atom is 0.167 e. The number of rotatable bonds is 8. The summed E-state index contributed by atoms with van der Waals surface area (Å²) in [6, 6.07) is 3.38. The average molecular weight is 491 g/mol. The third-order valence-electron chi connectivity index (χ3n) is 8.33. The van der Waals surface area contributed by atoms with Crippen LogP contribution < -0.4 is 0 Å². The summed E-state index contributed by atoms with van der Waals surface area (Å²) in [5.74, 6) is 0.543. The summed E-state index contributed by atoms with van der Waals surface area (Å²) in [5.41, 5.74) is 3.37. The first kappa shape index (κ1) is 26.3. The van der Waals surface area contributed by atoms with E-state index in [9.17, 15) is 14.4 Å². The Balaban J connectivity index is 1.27. The van der Waals surface area contributed by atoms with Gasteiger partial charge in [0.2, 0.25) is 0 Å². The van der Waals surface area contributed by atoms with Crippen LogP contribution in [-0.4, -0.2) is 75.4 Å². The molecule has 2 aliphatic rings. The quantitative estimate of drug-likeness (QED) is 0.519. The van der Waals surface area contributed by atoms with E-state index in [-0.39, 0.29) is 41.3 Å². The number of aryl methyl sites for hydroxylation is 2. The molecule has 7 heteroatoms. The Hall–Kier alpha value is -2.77. The van der Waals surface area contributed by atoms with Crippen LogP contribution in [0, 0.1) is 25.7 Å². The zero-order valence-electron chi connectivity index (χ0n) is 21.9. The Bertz CT molecular complexity index is 1020. The maximum atomic E-state index is 13.4. The molecule has 2 saturated heterocycles. The van der Waals surface area contributed by atoms with Crippen LogP contribution >= 0.6 is 0 Å². The Morgan fingerprint density at radius 2 is 1.08 bits per heavy atom. The molecular weight excluding hydrogens is 452 g/mol. The normalized spacial score (nSPS) is 20.1. The number of likely N-dealkylation sites (tertiary alicyclic amines) is 2. The first-order valence-electron chi connectivity index (χ1n) is 13.2. The molecule has 0 aromatic carbocycles. The van der Waals surface area contributed by atoms with Crippen molar-refractivity contribution < 1.29 is 14.4 Å². The SMILES string of the molecule is Cc1ccncc1C(=O)C1CCN(C(C)C(=O)C(C)N2CCC(C(=O)c3cnccc3C)CC2)CC1. The van der Waals surface area contributed by atoms with Gasteiger partial charge in [-0.05, 0) is 103 Å². The number of hydrogen-bond acceptors (Lipinski definition) is 7. The molecule has 0 radical (unpaired) electrons. The van der Waals surface area contributed by atoms with Crippen molar-refractivity contribution in [2.45, 2.75) is 65.5 Å². The summed E-state index contributed by atoms with van der Waals surface area (Å²) < 4.78 is 0. The van der Waals surface area contributed by atoms with E-state index in [1.54, 1.807) is 24.8 Å². The van der Waals surface area contributed by atoms with Gasteiger partial charge >= 0.3 is 0 Å². The highest BCUT2D eigenvalue weighted by molar-refractivity contribution is 5.99. The fraction of sp³-hybridized carbons (Fsp3) is 0.552. The number of aromatic nitrogens is 2. The van der Waals surface area contributed by atoms with Gasteiger partial charge in [-0.25, -0.2) is 0 Å². The van der Waals surface area contributed by atoms with Crippen molar-refractivity contribution in [1.29, 1.82) is 0 Å². The summed E-state index contributed by atoms with van der Waals surface area (Å²) in [4.78, 5) is 52.0. The van der Waals surface area contributed by atoms with E-state index in [0.29, 0.717) is 11.1 Å². The topological polar surface area (TPSA) is 83.5 Å². The van der Waals surface area contributed by atoms with E-state index in [1.807, 2.05) is 39.8 Å². The van der Waals surface area contributed by atoms with Crippen LogP contribution in [0.4, 0.5) is 0 Å². The second-order valence-corrected chi connectivity index (χ2v) is 10.5. The van der Waals surface area contributed by atoms with Gasteiger partial charge < -0.3 is 0 Å². The molecule has 2 aromatic rings. The third-order valence-corrected chi connectivity index (χ3v) is 8.33. The Morgan fingerprint density at radius 3 is 1.42 bits per heavy atom. The number of Topliss-reactive ketones (excluding diaryl/α,β-unsaturated/α-hetero) is 3. The molecular formula is C29H38N4O3. The van der Waals surface area contributed by atoms with Crippen LogP contribution in [0.2, 0.25) is 0 Å². The minimum atomic E-state index is -0.187. The fourth-order valence-electron chi connectivity index (χ4n) is 5.69. The zero-order chi connectivity index (χ0) is 25.8. The van der Waals surface area contributed by atoms with Crippen LogP contribution in [-0.2, 0) is 4.79 Å².